The number of nitrogens with zero attached hydrogens (tertiary/aromatic N) is 4. The number of benzene rings is 6. The summed E-state index contributed by atoms with van der Waals surface area (Å²) >= 11 is 0. The SMILES string of the molecule is c1ccc(-c2ccc(-c3cc(-c4ccc(-c5nc6ccccc6o5)cc4)nc(-c4ccc(-c5nccc6ccccc56)cc4)n3)cc2)cc1. The van der Waals surface area contributed by atoms with E-state index >= 15 is 0 Å². The summed E-state index contributed by atoms with van der Waals surface area (Å²) in [6, 6.07) is 55.7. The minimum absolute atomic E-state index is 0.594. The van der Waals surface area contributed by atoms with E-state index in [1.165, 1.54) is 5.56 Å². The minimum atomic E-state index is 0.594. The topological polar surface area (TPSA) is 64.7 Å². The molecule has 0 unspecified atom stereocenters. The van der Waals surface area contributed by atoms with Gasteiger partial charge in [-0.05, 0) is 52.9 Å². The van der Waals surface area contributed by atoms with Crippen molar-refractivity contribution in [3.8, 4) is 67.7 Å². The third kappa shape index (κ3) is 5.53. The van der Waals surface area contributed by atoms with Gasteiger partial charge in [-0.3, -0.25) is 4.98 Å². The Labute approximate surface area is 283 Å². The molecule has 49 heavy (non-hydrogen) atoms. The summed E-state index contributed by atoms with van der Waals surface area (Å²) in [4.78, 5) is 19.6. The van der Waals surface area contributed by atoms with Gasteiger partial charge in [0.05, 0.1) is 17.1 Å². The molecule has 0 N–H and O–H groups in total. The van der Waals surface area contributed by atoms with Gasteiger partial charge in [-0.25, -0.2) is 15.0 Å². The molecular formula is C44H28N4O. The molecule has 0 spiro atoms. The van der Waals surface area contributed by atoms with Crippen LogP contribution >= 0.6 is 0 Å². The molecule has 0 amide bonds. The molecule has 0 aliphatic heterocycles. The van der Waals surface area contributed by atoms with Gasteiger partial charge in [0.15, 0.2) is 11.4 Å². The van der Waals surface area contributed by atoms with E-state index in [1.54, 1.807) is 0 Å². The summed E-state index contributed by atoms with van der Waals surface area (Å²) in [6.45, 7) is 0. The highest BCUT2D eigenvalue weighted by atomic mass is 16.3. The molecule has 9 rings (SSSR count). The molecule has 5 nitrogen and oxygen atoms in total. The molecule has 0 saturated heterocycles. The maximum absolute atomic E-state index is 6.02. The molecule has 6 aromatic carbocycles. The van der Waals surface area contributed by atoms with Gasteiger partial charge in [0.2, 0.25) is 5.89 Å². The van der Waals surface area contributed by atoms with Crippen LogP contribution in [0.1, 0.15) is 0 Å². The summed E-state index contributed by atoms with van der Waals surface area (Å²) in [7, 11) is 0. The van der Waals surface area contributed by atoms with Gasteiger partial charge in [-0.2, -0.15) is 0 Å². The van der Waals surface area contributed by atoms with Crippen molar-refractivity contribution in [1.29, 1.82) is 0 Å². The predicted molar refractivity (Wildman–Crippen MR) is 198 cm³/mol. The Morgan fingerprint density at radius 3 is 1.71 bits per heavy atom. The largest absolute Gasteiger partial charge is 0.436 e. The fourth-order valence-corrected chi connectivity index (χ4v) is 6.24. The van der Waals surface area contributed by atoms with Crippen LogP contribution in [0.3, 0.4) is 0 Å². The first-order chi connectivity index (χ1) is 24.2. The third-order valence-electron chi connectivity index (χ3n) is 8.83. The first-order valence-corrected chi connectivity index (χ1v) is 16.2. The lowest BCUT2D eigenvalue weighted by molar-refractivity contribution is 0.620. The van der Waals surface area contributed by atoms with E-state index in [9.17, 15) is 0 Å². The van der Waals surface area contributed by atoms with Gasteiger partial charge in [-0.15, -0.1) is 0 Å². The van der Waals surface area contributed by atoms with Crippen LogP contribution in [-0.4, -0.2) is 19.9 Å². The minimum Gasteiger partial charge on any atom is -0.436 e. The van der Waals surface area contributed by atoms with Gasteiger partial charge >= 0.3 is 0 Å². The highest BCUT2D eigenvalue weighted by Crippen LogP contribution is 2.33. The van der Waals surface area contributed by atoms with E-state index in [-0.39, 0.29) is 0 Å². The Kier molecular flexibility index (Phi) is 7.06. The summed E-state index contributed by atoms with van der Waals surface area (Å²) in [5.41, 5.74) is 11.5. The van der Waals surface area contributed by atoms with Crippen molar-refractivity contribution in [2.75, 3.05) is 0 Å². The highest BCUT2D eigenvalue weighted by Gasteiger charge is 2.14. The Balaban J connectivity index is 1.11. The monoisotopic (exact) mass is 628 g/mol. The van der Waals surface area contributed by atoms with Crippen molar-refractivity contribution < 1.29 is 4.42 Å². The molecule has 0 aliphatic carbocycles. The van der Waals surface area contributed by atoms with E-state index in [1.807, 2.05) is 54.7 Å². The van der Waals surface area contributed by atoms with Gasteiger partial charge in [0.1, 0.15) is 5.52 Å². The summed E-state index contributed by atoms with van der Waals surface area (Å²) in [6.07, 6.45) is 1.86. The lowest BCUT2D eigenvalue weighted by Gasteiger charge is -2.11. The zero-order chi connectivity index (χ0) is 32.6. The molecule has 0 radical (unpaired) electrons. The van der Waals surface area contributed by atoms with Gasteiger partial charge < -0.3 is 4.42 Å². The smallest absolute Gasteiger partial charge is 0.227 e. The number of aromatic nitrogens is 4. The second kappa shape index (κ2) is 12.1. The van der Waals surface area contributed by atoms with E-state index in [2.05, 4.69) is 120 Å². The molecule has 0 bridgehead atoms. The van der Waals surface area contributed by atoms with Gasteiger partial charge in [0, 0.05) is 39.4 Å². The number of pyridine rings is 1. The van der Waals surface area contributed by atoms with Crippen molar-refractivity contribution in [1.82, 2.24) is 19.9 Å². The molecule has 0 aliphatic rings. The number of hydrogen-bond acceptors (Lipinski definition) is 5. The summed E-state index contributed by atoms with van der Waals surface area (Å²) in [5.74, 6) is 1.25. The van der Waals surface area contributed by atoms with E-state index in [4.69, 9.17) is 19.4 Å². The normalized spacial score (nSPS) is 11.3. The zero-order valence-electron chi connectivity index (χ0n) is 26.4. The fraction of sp³-hybridized carbons (Fsp3) is 0. The summed E-state index contributed by atoms with van der Waals surface area (Å²) in [5, 5.41) is 2.29. The Morgan fingerprint density at radius 1 is 0.408 bits per heavy atom. The van der Waals surface area contributed by atoms with Gasteiger partial charge in [-0.1, -0.05) is 127 Å². The van der Waals surface area contributed by atoms with Crippen LogP contribution in [0.5, 0.6) is 0 Å². The Hall–Kier alpha value is -6.72. The molecule has 0 atom stereocenters. The zero-order valence-corrected chi connectivity index (χ0v) is 26.4. The molecule has 0 saturated carbocycles. The van der Waals surface area contributed by atoms with E-state index in [0.29, 0.717) is 11.7 Å². The Morgan fingerprint density at radius 2 is 0.980 bits per heavy atom. The fourth-order valence-electron chi connectivity index (χ4n) is 6.24. The Bertz CT molecular complexity index is 2540. The van der Waals surface area contributed by atoms with Crippen molar-refractivity contribution in [2.24, 2.45) is 0 Å². The van der Waals surface area contributed by atoms with E-state index in [0.717, 1.165) is 72.3 Å². The molecular weight excluding hydrogens is 601 g/mol. The summed E-state index contributed by atoms with van der Waals surface area (Å²) < 4.78 is 6.02. The second-order valence-corrected chi connectivity index (χ2v) is 11.9. The van der Waals surface area contributed by atoms with Crippen LogP contribution in [-0.2, 0) is 0 Å². The molecule has 3 heterocycles. The quantitative estimate of drug-likeness (QED) is 0.183. The second-order valence-electron chi connectivity index (χ2n) is 11.9. The predicted octanol–water partition coefficient (Wildman–Crippen LogP) is 11.2. The van der Waals surface area contributed by atoms with Crippen LogP contribution in [0.2, 0.25) is 0 Å². The van der Waals surface area contributed by atoms with Gasteiger partial charge in [0.25, 0.3) is 0 Å². The number of oxazole rings is 1. The number of hydrogen-bond donors (Lipinski definition) is 0. The molecule has 9 aromatic rings. The molecule has 230 valence electrons. The lowest BCUT2D eigenvalue weighted by atomic mass is 10.0. The van der Waals surface area contributed by atoms with Crippen LogP contribution in [0, 0.1) is 0 Å². The maximum atomic E-state index is 6.02. The van der Waals surface area contributed by atoms with Crippen molar-refractivity contribution in [3.63, 3.8) is 0 Å². The third-order valence-corrected chi connectivity index (χ3v) is 8.83. The van der Waals surface area contributed by atoms with Crippen LogP contribution in [0.15, 0.2) is 174 Å². The number of rotatable bonds is 6. The van der Waals surface area contributed by atoms with E-state index < -0.39 is 0 Å². The molecule has 0 fully saturated rings. The van der Waals surface area contributed by atoms with Crippen molar-refractivity contribution in [2.45, 2.75) is 0 Å². The first kappa shape index (κ1) is 28.5. The van der Waals surface area contributed by atoms with Crippen LogP contribution in [0.4, 0.5) is 0 Å². The highest BCUT2D eigenvalue weighted by molar-refractivity contribution is 5.94. The average molecular weight is 629 g/mol. The number of fused-ring (bicyclic) bond motifs is 2. The average Bonchev–Trinajstić information content (AvgIpc) is 3.63. The van der Waals surface area contributed by atoms with Crippen molar-refractivity contribution in [3.05, 3.63) is 170 Å². The van der Waals surface area contributed by atoms with Crippen molar-refractivity contribution >= 4 is 21.9 Å². The molecule has 5 heteroatoms. The number of para-hydroxylation sites is 2. The molecule has 3 aromatic heterocycles. The standard InChI is InChI=1S/C44H28N4O/c1-2-8-29(9-3-1)30-14-16-32(17-15-30)39-28-40(33-18-24-36(25-19-33)44-48-38-12-6-7-13-41(38)49-44)47-43(46-39)35-22-20-34(21-23-35)42-37-11-5-4-10-31(37)26-27-45-42/h1-28H. The van der Waals surface area contributed by atoms with Crippen LogP contribution < -0.4 is 0 Å². The maximum Gasteiger partial charge on any atom is 0.227 e. The van der Waals surface area contributed by atoms with Crippen LogP contribution in [0.25, 0.3) is 89.6 Å². The lowest BCUT2D eigenvalue weighted by Crippen LogP contribution is -1.96. The first-order valence-electron chi connectivity index (χ1n) is 16.2.